The summed E-state index contributed by atoms with van der Waals surface area (Å²) in [4.78, 5) is 10.4. The van der Waals surface area contributed by atoms with Gasteiger partial charge in [-0.1, -0.05) is 0 Å². The molecule has 0 spiro atoms. The highest BCUT2D eigenvalue weighted by atomic mass is 32.2. The highest BCUT2D eigenvalue weighted by Crippen LogP contribution is 2.19. The highest BCUT2D eigenvalue weighted by molar-refractivity contribution is 7.92. The van der Waals surface area contributed by atoms with Gasteiger partial charge in [0.25, 0.3) is 0 Å². The van der Waals surface area contributed by atoms with Gasteiger partial charge in [0.05, 0.1) is 29.9 Å². The van der Waals surface area contributed by atoms with Crippen LogP contribution in [0.3, 0.4) is 0 Å². The van der Waals surface area contributed by atoms with Crippen LogP contribution in [0.4, 0.5) is 10.1 Å². The topological polar surface area (TPSA) is 133 Å². The van der Waals surface area contributed by atoms with Gasteiger partial charge in [-0.15, -0.1) is 0 Å². The third kappa shape index (κ3) is 5.28. The Morgan fingerprint density at radius 3 is 2.43 bits per heavy atom. The quantitative estimate of drug-likeness (QED) is 0.688. The average Bonchev–Trinajstić information content (AvgIpc) is 2.37. The smallest absolute Gasteiger partial charge is 0.306 e. The number of hydrogen-bond donors (Lipinski definition) is 2. The minimum atomic E-state index is -4.09. The lowest BCUT2D eigenvalue weighted by atomic mass is 10.3. The third-order valence-electron chi connectivity index (χ3n) is 2.34. The molecule has 0 heterocycles. The molecule has 21 heavy (non-hydrogen) atoms. The molecule has 118 valence electrons. The number of esters is 1. The number of halogens is 1. The van der Waals surface area contributed by atoms with E-state index in [-0.39, 0.29) is 0 Å². The zero-order chi connectivity index (χ0) is 16.3. The molecule has 1 rings (SSSR count). The molecule has 8 nitrogen and oxygen atoms in total. The number of hydrogen-bond acceptors (Lipinski definition) is 6. The second-order valence-electron chi connectivity index (χ2n) is 3.93. The highest BCUT2D eigenvalue weighted by Gasteiger charge is 2.17. The number of sulfonamides is 2. The molecule has 0 aromatic heterocycles. The molecule has 0 saturated heterocycles. The van der Waals surface area contributed by atoms with Crippen LogP contribution in [0.25, 0.3) is 0 Å². The van der Waals surface area contributed by atoms with Crippen molar-refractivity contribution in [3.05, 3.63) is 24.0 Å². The number of carbonyl (C=O) groups is 1. The van der Waals surface area contributed by atoms with Crippen LogP contribution in [0.15, 0.2) is 23.1 Å². The van der Waals surface area contributed by atoms with Crippen LogP contribution in [0, 0.1) is 5.82 Å². The van der Waals surface area contributed by atoms with Crippen molar-refractivity contribution in [1.82, 2.24) is 0 Å². The maximum atomic E-state index is 13.6. The van der Waals surface area contributed by atoms with E-state index in [4.69, 9.17) is 5.14 Å². The van der Waals surface area contributed by atoms with Gasteiger partial charge in [-0.3, -0.25) is 9.52 Å². The summed E-state index contributed by atoms with van der Waals surface area (Å²) >= 11 is 0. The van der Waals surface area contributed by atoms with Crippen molar-refractivity contribution >= 4 is 31.7 Å². The van der Waals surface area contributed by atoms with Crippen LogP contribution in [-0.4, -0.2) is 35.7 Å². The van der Waals surface area contributed by atoms with Gasteiger partial charge in [0, 0.05) is 0 Å². The zero-order valence-corrected chi connectivity index (χ0v) is 12.5. The number of primary sulfonamides is 1. The first-order valence-electron chi connectivity index (χ1n) is 5.45. The van der Waals surface area contributed by atoms with Crippen molar-refractivity contribution in [2.45, 2.75) is 11.3 Å². The summed E-state index contributed by atoms with van der Waals surface area (Å²) < 4.78 is 65.1. The Morgan fingerprint density at radius 2 is 1.95 bits per heavy atom. The largest absolute Gasteiger partial charge is 0.469 e. The Bertz CT molecular complexity index is 745. The Balaban J connectivity index is 2.91. The molecule has 0 unspecified atom stereocenters. The SMILES string of the molecule is COC(=O)CCS(=O)(=O)Nc1ccc(S(N)(=O)=O)cc1F. The van der Waals surface area contributed by atoms with E-state index in [1.54, 1.807) is 0 Å². The Hall–Kier alpha value is -1.72. The first-order chi connectivity index (χ1) is 9.55. The monoisotopic (exact) mass is 340 g/mol. The number of nitrogens with one attached hydrogen (secondary N) is 1. The Labute approximate surface area is 121 Å². The summed E-state index contributed by atoms with van der Waals surface area (Å²) in [6.07, 6.45) is -0.400. The van der Waals surface area contributed by atoms with E-state index in [2.05, 4.69) is 4.74 Å². The lowest BCUT2D eigenvalue weighted by molar-refractivity contribution is -0.140. The van der Waals surface area contributed by atoms with E-state index in [1.165, 1.54) is 0 Å². The lowest BCUT2D eigenvalue weighted by Crippen LogP contribution is -2.20. The number of rotatable bonds is 6. The summed E-state index contributed by atoms with van der Waals surface area (Å²) in [7, 11) is -6.97. The predicted molar refractivity (Wildman–Crippen MR) is 71.8 cm³/mol. The number of ether oxygens (including phenoxy) is 1. The normalized spacial score (nSPS) is 12.0. The summed E-state index contributed by atoms with van der Waals surface area (Å²) in [5.74, 6) is -2.44. The maximum absolute atomic E-state index is 13.6. The standard InChI is InChI=1S/C10H13FN2O6S2/c1-19-10(14)4-5-20(15,16)13-9-3-2-7(6-8(9)11)21(12,17)18/h2-3,6,13H,4-5H2,1H3,(H2,12,17,18). The van der Waals surface area contributed by atoms with Crippen LogP contribution in [0.5, 0.6) is 0 Å². The van der Waals surface area contributed by atoms with Crippen LogP contribution >= 0.6 is 0 Å². The number of methoxy groups -OCH3 is 1. The second-order valence-corrected chi connectivity index (χ2v) is 7.34. The molecule has 11 heteroatoms. The minimum Gasteiger partial charge on any atom is -0.469 e. The molecule has 0 atom stereocenters. The van der Waals surface area contributed by atoms with Crippen molar-refractivity contribution in [3.63, 3.8) is 0 Å². The molecule has 1 aromatic carbocycles. The molecule has 0 fully saturated rings. The second kappa shape index (κ2) is 6.37. The molecule has 0 saturated carbocycles. The van der Waals surface area contributed by atoms with Crippen LogP contribution in [0.2, 0.25) is 0 Å². The van der Waals surface area contributed by atoms with Gasteiger partial charge in [0.1, 0.15) is 5.82 Å². The van der Waals surface area contributed by atoms with Gasteiger partial charge < -0.3 is 4.74 Å². The molecular formula is C10H13FN2O6S2. The molecule has 3 N–H and O–H groups in total. The number of nitrogens with two attached hydrogens (primary N) is 1. The lowest BCUT2D eigenvalue weighted by Gasteiger charge is -2.09. The van der Waals surface area contributed by atoms with Crippen molar-refractivity contribution in [1.29, 1.82) is 0 Å². The van der Waals surface area contributed by atoms with E-state index < -0.39 is 54.6 Å². The Kier molecular flexibility index (Phi) is 5.25. The number of carbonyl (C=O) groups excluding carboxylic acids is 1. The summed E-state index contributed by atoms with van der Waals surface area (Å²) in [6.45, 7) is 0. The number of anilines is 1. The van der Waals surface area contributed by atoms with Crippen LogP contribution in [-0.2, 0) is 29.6 Å². The van der Waals surface area contributed by atoms with Crippen molar-refractivity contribution in [3.8, 4) is 0 Å². The third-order valence-corrected chi connectivity index (χ3v) is 4.52. The molecule has 0 aliphatic rings. The summed E-state index contributed by atoms with van der Waals surface area (Å²) in [5, 5.41) is 4.81. The van der Waals surface area contributed by atoms with Crippen LogP contribution in [0.1, 0.15) is 6.42 Å². The summed E-state index contributed by atoms with van der Waals surface area (Å²) in [5.41, 5.74) is -0.452. The zero-order valence-electron chi connectivity index (χ0n) is 10.9. The van der Waals surface area contributed by atoms with Gasteiger partial charge in [0.15, 0.2) is 0 Å². The van der Waals surface area contributed by atoms with Gasteiger partial charge in [0.2, 0.25) is 20.0 Å². The van der Waals surface area contributed by atoms with Crippen molar-refractivity contribution in [2.75, 3.05) is 17.6 Å². The van der Waals surface area contributed by atoms with Gasteiger partial charge >= 0.3 is 5.97 Å². The predicted octanol–water partition coefficient (Wildman–Crippen LogP) is -0.222. The minimum absolute atomic E-state index is 0.400. The first-order valence-corrected chi connectivity index (χ1v) is 8.64. The van der Waals surface area contributed by atoms with Crippen molar-refractivity contribution in [2.24, 2.45) is 5.14 Å². The Morgan fingerprint density at radius 1 is 1.33 bits per heavy atom. The van der Waals surface area contributed by atoms with E-state index in [9.17, 15) is 26.0 Å². The van der Waals surface area contributed by atoms with Gasteiger partial charge in [-0.25, -0.2) is 26.4 Å². The van der Waals surface area contributed by atoms with E-state index in [0.717, 1.165) is 19.2 Å². The van der Waals surface area contributed by atoms with Gasteiger partial charge in [-0.2, -0.15) is 0 Å². The molecular weight excluding hydrogens is 327 g/mol. The molecule has 0 bridgehead atoms. The fraction of sp³-hybridized carbons (Fsp3) is 0.300. The molecule has 0 radical (unpaired) electrons. The van der Waals surface area contributed by atoms with Crippen molar-refractivity contribution < 1.29 is 30.8 Å². The molecule has 0 aliphatic carbocycles. The average molecular weight is 340 g/mol. The molecule has 0 amide bonds. The molecule has 0 aliphatic heterocycles. The van der Waals surface area contributed by atoms with E-state index in [0.29, 0.717) is 6.07 Å². The van der Waals surface area contributed by atoms with E-state index in [1.807, 2.05) is 4.72 Å². The van der Waals surface area contributed by atoms with Crippen LogP contribution < -0.4 is 9.86 Å². The fourth-order valence-corrected chi connectivity index (χ4v) is 2.86. The maximum Gasteiger partial charge on any atom is 0.306 e. The van der Waals surface area contributed by atoms with E-state index >= 15 is 0 Å². The summed E-state index contributed by atoms with van der Waals surface area (Å²) in [6, 6.07) is 2.47. The first kappa shape index (κ1) is 17.3. The molecule has 1 aromatic rings. The number of benzene rings is 1. The van der Waals surface area contributed by atoms with Gasteiger partial charge in [-0.05, 0) is 18.2 Å². The fourth-order valence-electron chi connectivity index (χ4n) is 1.29.